The highest BCUT2D eigenvalue weighted by atomic mass is 16.2. The number of nitrogens with zero attached hydrogens (tertiary/aromatic N) is 2. The Labute approximate surface area is 133 Å². The number of hydrogen-bond donors (Lipinski definition) is 2. The van der Waals surface area contributed by atoms with Gasteiger partial charge in [0.1, 0.15) is 12.2 Å². The molecule has 2 N–H and O–H groups in total. The van der Waals surface area contributed by atoms with Gasteiger partial charge in [0.05, 0.1) is 0 Å². The first kappa shape index (κ1) is 16.2. The van der Waals surface area contributed by atoms with Crippen molar-refractivity contribution in [3.8, 4) is 0 Å². The lowest BCUT2D eigenvalue weighted by Crippen LogP contribution is -2.47. The van der Waals surface area contributed by atoms with Gasteiger partial charge in [0.2, 0.25) is 5.91 Å². The maximum Gasteiger partial charge on any atom is 0.288 e. The van der Waals surface area contributed by atoms with Gasteiger partial charge in [-0.2, -0.15) is 0 Å². The van der Waals surface area contributed by atoms with Gasteiger partial charge >= 0.3 is 0 Å². The normalized spacial score (nSPS) is 9.78. The Bertz CT molecular complexity index is 689. The van der Waals surface area contributed by atoms with Gasteiger partial charge in [-0.3, -0.25) is 30.2 Å². The predicted octanol–water partition coefficient (Wildman–Crippen LogP) is 0.896. The number of hydrazine groups is 1. The molecular weight excluding hydrogens is 296 g/mol. The molecule has 23 heavy (non-hydrogen) atoms. The average molecular weight is 312 g/mol. The number of carbonyl (C=O) groups excluding carboxylic acids is 3. The van der Waals surface area contributed by atoms with Gasteiger partial charge < -0.3 is 4.90 Å². The van der Waals surface area contributed by atoms with Crippen LogP contribution in [0.15, 0.2) is 54.7 Å². The molecule has 0 spiro atoms. The summed E-state index contributed by atoms with van der Waals surface area (Å²) in [5.41, 5.74) is 5.30. The summed E-state index contributed by atoms with van der Waals surface area (Å²) in [7, 11) is 0. The van der Waals surface area contributed by atoms with Crippen molar-refractivity contribution < 1.29 is 14.4 Å². The van der Waals surface area contributed by atoms with Gasteiger partial charge in [0, 0.05) is 18.8 Å². The Kier molecular flexibility index (Phi) is 5.40. The van der Waals surface area contributed by atoms with E-state index in [0.29, 0.717) is 5.69 Å². The molecule has 0 saturated heterocycles. The number of aromatic nitrogens is 1. The van der Waals surface area contributed by atoms with Crippen LogP contribution in [0, 0.1) is 0 Å². The number of amides is 3. The van der Waals surface area contributed by atoms with Crippen LogP contribution in [0.25, 0.3) is 0 Å². The summed E-state index contributed by atoms with van der Waals surface area (Å²) >= 11 is 0. The third-order valence-corrected chi connectivity index (χ3v) is 2.96. The molecule has 0 atom stereocenters. The quantitative estimate of drug-likeness (QED) is 0.820. The van der Waals surface area contributed by atoms with Crippen molar-refractivity contribution in [2.75, 3.05) is 11.4 Å². The van der Waals surface area contributed by atoms with E-state index in [0.717, 1.165) is 0 Å². The number of hydrogen-bond acceptors (Lipinski definition) is 4. The summed E-state index contributed by atoms with van der Waals surface area (Å²) in [5.74, 6) is -1.33. The molecule has 1 aromatic heterocycles. The smallest absolute Gasteiger partial charge is 0.288 e. The number of benzene rings is 1. The Morgan fingerprint density at radius 3 is 2.30 bits per heavy atom. The minimum Gasteiger partial charge on any atom is -0.303 e. The molecule has 0 aliphatic carbocycles. The Hall–Kier alpha value is -3.22. The van der Waals surface area contributed by atoms with Crippen LogP contribution in [0.1, 0.15) is 17.4 Å². The number of anilines is 1. The minimum atomic E-state index is -0.534. The van der Waals surface area contributed by atoms with Gasteiger partial charge in [-0.25, -0.2) is 0 Å². The largest absolute Gasteiger partial charge is 0.303 e. The number of rotatable bonds is 4. The molecule has 0 aliphatic heterocycles. The lowest BCUT2D eigenvalue weighted by molar-refractivity contribution is -0.123. The standard InChI is InChI=1S/C16H16N4O3/c1-12(21)20(13-7-3-2-4-8-13)11-15(22)18-19-16(23)14-9-5-6-10-17-14/h2-10H,11H2,1H3,(H,18,22)(H,19,23). The molecule has 0 fully saturated rings. The highest BCUT2D eigenvalue weighted by molar-refractivity contribution is 5.98. The number of pyridine rings is 1. The van der Waals surface area contributed by atoms with Crippen LogP contribution < -0.4 is 15.8 Å². The van der Waals surface area contributed by atoms with Gasteiger partial charge in [-0.1, -0.05) is 24.3 Å². The molecule has 118 valence electrons. The van der Waals surface area contributed by atoms with Crippen molar-refractivity contribution in [1.29, 1.82) is 0 Å². The lowest BCUT2D eigenvalue weighted by Gasteiger charge is -2.20. The molecule has 0 radical (unpaired) electrons. The topological polar surface area (TPSA) is 91.4 Å². The first-order valence-corrected chi connectivity index (χ1v) is 6.91. The summed E-state index contributed by atoms with van der Waals surface area (Å²) < 4.78 is 0. The lowest BCUT2D eigenvalue weighted by atomic mass is 10.3. The molecule has 0 bridgehead atoms. The van der Waals surface area contributed by atoms with Crippen LogP contribution in [0.4, 0.5) is 5.69 Å². The molecule has 3 amide bonds. The second kappa shape index (κ2) is 7.69. The number of para-hydroxylation sites is 1. The Balaban J connectivity index is 1.93. The fraction of sp³-hybridized carbons (Fsp3) is 0.125. The Morgan fingerprint density at radius 1 is 1.00 bits per heavy atom. The minimum absolute atomic E-state index is 0.180. The fourth-order valence-corrected chi connectivity index (χ4v) is 1.86. The summed E-state index contributed by atoms with van der Waals surface area (Å²) in [6.45, 7) is 1.16. The van der Waals surface area contributed by atoms with Crippen LogP contribution in [0.2, 0.25) is 0 Å². The first-order valence-electron chi connectivity index (χ1n) is 6.91. The van der Waals surface area contributed by atoms with Crippen LogP contribution in [0.5, 0.6) is 0 Å². The van der Waals surface area contributed by atoms with Crippen molar-refractivity contribution in [3.05, 3.63) is 60.4 Å². The maximum absolute atomic E-state index is 11.9. The van der Waals surface area contributed by atoms with Gasteiger partial charge in [0.25, 0.3) is 11.8 Å². The summed E-state index contributed by atoms with van der Waals surface area (Å²) in [5, 5.41) is 0. The van der Waals surface area contributed by atoms with Gasteiger partial charge in [-0.15, -0.1) is 0 Å². The van der Waals surface area contributed by atoms with Gasteiger partial charge in [-0.05, 0) is 24.3 Å². The second-order valence-electron chi connectivity index (χ2n) is 4.66. The summed E-state index contributed by atoms with van der Waals surface area (Å²) in [6, 6.07) is 13.7. The van der Waals surface area contributed by atoms with E-state index in [1.54, 1.807) is 36.4 Å². The molecular formula is C16H16N4O3. The second-order valence-corrected chi connectivity index (χ2v) is 4.66. The molecule has 0 unspecified atom stereocenters. The van der Waals surface area contributed by atoms with Crippen molar-refractivity contribution in [2.24, 2.45) is 0 Å². The van der Waals surface area contributed by atoms with E-state index in [1.807, 2.05) is 6.07 Å². The van der Waals surface area contributed by atoms with Crippen LogP contribution in [0.3, 0.4) is 0 Å². The average Bonchev–Trinajstić information content (AvgIpc) is 2.58. The molecule has 7 nitrogen and oxygen atoms in total. The monoisotopic (exact) mass is 312 g/mol. The first-order chi connectivity index (χ1) is 11.1. The van der Waals surface area contributed by atoms with Gasteiger partial charge in [0.15, 0.2) is 0 Å². The van der Waals surface area contributed by atoms with E-state index in [4.69, 9.17) is 0 Å². The van der Waals surface area contributed by atoms with Crippen LogP contribution in [-0.4, -0.2) is 29.3 Å². The molecule has 0 saturated carbocycles. The van der Waals surface area contributed by atoms with Crippen molar-refractivity contribution >= 4 is 23.4 Å². The summed E-state index contributed by atoms with van der Waals surface area (Å²) in [4.78, 5) is 40.6. The highest BCUT2D eigenvalue weighted by Crippen LogP contribution is 2.12. The third-order valence-electron chi connectivity index (χ3n) is 2.96. The van der Waals surface area contributed by atoms with E-state index in [1.165, 1.54) is 24.1 Å². The highest BCUT2D eigenvalue weighted by Gasteiger charge is 2.16. The van der Waals surface area contributed by atoms with Crippen LogP contribution >= 0.6 is 0 Å². The van der Waals surface area contributed by atoms with E-state index in [2.05, 4.69) is 15.8 Å². The zero-order chi connectivity index (χ0) is 16.7. The molecule has 7 heteroatoms. The third kappa shape index (κ3) is 4.63. The predicted molar refractivity (Wildman–Crippen MR) is 84.3 cm³/mol. The molecule has 2 rings (SSSR count). The van der Waals surface area contributed by atoms with Crippen molar-refractivity contribution in [3.63, 3.8) is 0 Å². The zero-order valence-electron chi connectivity index (χ0n) is 12.5. The van der Waals surface area contributed by atoms with Crippen LogP contribution in [-0.2, 0) is 9.59 Å². The van der Waals surface area contributed by atoms with Crippen molar-refractivity contribution in [1.82, 2.24) is 15.8 Å². The molecule has 1 heterocycles. The van der Waals surface area contributed by atoms with E-state index in [-0.39, 0.29) is 18.1 Å². The maximum atomic E-state index is 11.9. The van der Waals surface area contributed by atoms with E-state index < -0.39 is 11.8 Å². The Morgan fingerprint density at radius 2 is 1.70 bits per heavy atom. The SMILES string of the molecule is CC(=O)N(CC(=O)NNC(=O)c1ccccn1)c1ccccc1. The van der Waals surface area contributed by atoms with Crippen molar-refractivity contribution in [2.45, 2.75) is 6.92 Å². The fourth-order valence-electron chi connectivity index (χ4n) is 1.86. The molecule has 2 aromatic rings. The van der Waals surface area contributed by atoms with E-state index in [9.17, 15) is 14.4 Å². The number of nitrogens with one attached hydrogen (secondary N) is 2. The molecule has 0 aliphatic rings. The number of carbonyl (C=O) groups is 3. The van der Waals surface area contributed by atoms with E-state index >= 15 is 0 Å². The molecule has 1 aromatic carbocycles. The summed E-state index contributed by atoms with van der Waals surface area (Å²) in [6.07, 6.45) is 1.48. The zero-order valence-corrected chi connectivity index (χ0v) is 12.5.